The topological polar surface area (TPSA) is 70.7 Å². The van der Waals surface area contributed by atoms with Crippen molar-refractivity contribution < 1.29 is 14.6 Å². The Balaban J connectivity index is 1.82. The molecule has 2 N–H and O–H groups in total. The van der Waals surface area contributed by atoms with E-state index in [0.29, 0.717) is 25.9 Å². The second-order valence-corrected chi connectivity index (χ2v) is 8.83. The maximum Gasteiger partial charge on any atom is 0.343 e. The van der Waals surface area contributed by atoms with Crippen LogP contribution in [0.3, 0.4) is 0 Å². The number of fused-ring (bicyclic) bond motifs is 1. The number of rotatable bonds is 5. The second-order valence-electron chi connectivity index (χ2n) is 6.65. The fourth-order valence-electron chi connectivity index (χ4n) is 3.39. The normalized spacial score (nSPS) is 13.5. The highest BCUT2D eigenvalue weighted by molar-refractivity contribution is 7.16. The Labute approximate surface area is 180 Å². The van der Waals surface area contributed by atoms with Gasteiger partial charge in [-0.1, -0.05) is 47.5 Å². The van der Waals surface area contributed by atoms with Gasteiger partial charge in [-0.3, -0.25) is 0 Å². The molecule has 148 valence electrons. The Bertz CT molecular complexity index is 1210. The Morgan fingerprint density at radius 1 is 1.00 bits per heavy atom. The first-order valence-electron chi connectivity index (χ1n) is 8.87. The van der Waals surface area contributed by atoms with Gasteiger partial charge >= 0.3 is 5.63 Å². The molecular weight excluding hydrogens is 431 g/mol. The molecule has 2 heterocycles. The summed E-state index contributed by atoms with van der Waals surface area (Å²) in [5, 5.41) is 22.7. The molecule has 4 nitrogen and oxygen atoms in total. The zero-order valence-electron chi connectivity index (χ0n) is 15.0. The Morgan fingerprint density at radius 3 is 2.41 bits per heavy atom. The van der Waals surface area contributed by atoms with Crippen molar-refractivity contribution in [2.24, 2.45) is 0 Å². The Hall–Kier alpha value is -2.31. The van der Waals surface area contributed by atoms with E-state index in [2.05, 4.69) is 0 Å². The van der Waals surface area contributed by atoms with Gasteiger partial charge in [0.25, 0.3) is 0 Å². The van der Waals surface area contributed by atoms with Crippen molar-refractivity contribution in [3.8, 4) is 5.75 Å². The Morgan fingerprint density at radius 2 is 1.72 bits per heavy atom. The summed E-state index contributed by atoms with van der Waals surface area (Å²) in [6.45, 7) is 0. The quantitative estimate of drug-likeness (QED) is 0.362. The maximum atomic E-state index is 12.8. The molecule has 4 aromatic rings. The van der Waals surface area contributed by atoms with Crippen LogP contribution in [-0.4, -0.2) is 10.2 Å². The van der Waals surface area contributed by atoms with Crippen LogP contribution >= 0.6 is 34.5 Å². The third kappa shape index (κ3) is 4.05. The molecule has 7 heteroatoms. The molecular formula is C22H16Cl2O4S. The molecule has 2 aromatic carbocycles. The Kier molecular flexibility index (Phi) is 5.65. The molecule has 0 saturated carbocycles. The molecule has 29 heavy (non-hydrogen) atoms. The number of aliphatic hydroxyl groups excluding tert-OH is 1. The highest BCUT2D eigenvalue weighted by atomic mass is 35.5. The molecule has 0 spiro atoms. The van der Waals surface area contributed by atoms with E-state index in [1.54, 1.807) is 60.7 Å². The number of thiophene rings is 1. The van der Waals surface area contributed by atoms with Crippen LogP contribution in [0.5, 0.6) is 5.75 Å². The van der Waals surface area contributed by atoms with Gasteiger partial charge in [0.15, 0.2) is 0 Å². The maximum absolute atomic E-state index is 12.8. The van der Waals surface area contributed by atoms with Crippen LogP contribution in [0.1, 0.15) is 34.4 Å². The molecule has 4 rings (SSSR count). The molecule has 0 amide bonds. The van der Waals surface area contributed by atoms with E-state index in [1.165, 1.54) is 11.3 Å². The van der Waals surface area contributed by atoms with Gasteiger partial charge in [0.2, 0.25) is 0 Å². The van der Waals surface area contributed by atoms with Crippen molar-refractivity contribution >= 4 is 45.5 Å². The fraction of sp³-hybridized carbons (Fsp3) is 0.136. The first-order chi connectivity index (χ1) is 13.9. The minimum atomic E-state index is -0.886. The molecule has 0 unspecified atom stereocenters. The minimum absolute atomic E-state index is 0.107. The van der Waals surface area contributed by atoms with E-state index in [-0.39, 0.29) is 17.7 Å². The molecule has 0 radical (unpaired) electrons. The van der Waals surface area contributed by atoms with Crippen LogP contribution in [-0.2, 0) is 0 Å². The van der Waals surface area contributed by atoms with Gasteiger partial charge in [0.1, 0.15) is 11.3 Å². The van der Waals surface area contributed by atoms with Crippen molar-refractivity contribution in [1.29, 1.82) is 0 Å². The van der Waals surface area contributed by atoms with Crippen LogP contribution in [0.4, 0.5) is 0 Å². The van der Waals surface area contributed by atoms with Gasteiger partial charge in [0.05, 0.1) is 21.4 Å². The number of aromatic hydroxyl groups is 1. The van der Waals surface area contributed by atoms with E-state index >= 15 is 0 Å². The summed E-state index contributed by atoms with van der Waals surface area (Å²) in [4.78, 5) is 13.5. The SMILES string of the molecule is O=c1oc2ccccc2c(O)c1[C@H](C[C@@H](O)c1ccc(Cl)cc1)c1ccc(Cl)s1. The summed E-state index contributed by atoms with van der Waals surface area (Å²) >= 11 is 13.3. The van der Waals surface area contributed by atoms with Gasteiger partial charge in [-0.25, -0.2) is 4.79 Å². The van der Waals surface area contributed by atoms with E-state index in [9.17, 15) is 15.0 Å². The second kappa shape index (κ2) is 8.20. The van der Waals surface area contributed by atoms with Gasteiger partial charge in [-0.2, -0.15) is 0 Å². The minimum Gasteiger partial charge on any atom is -0.507 e. The zero-order valence-corrected chi connectivity index (χ0v) is 17.3. The number of benzene rings is 2. The molecule has 0 aliphatic rings. The number of aliphatic hydroxyl groups is 1. The lowest BCUT2D eigenvalue weighted by molar-refractivity contribution is 0.161. The molecule has 0 aliphatic carbocycles. The first kappa shape index (κ1) is 20.0. The van der Waals surface area contributed by atoms with Crippen LogP contribution in [0.2, 0.25) is 9.36 Å². The number of hydrogen-bond donors (Lipinski definition) is 2. The van der Waals surface area contributed by atoms with Gasteiger partial charge in [0, 0.05) is 15.8 Å². The summed E-state index contributed by atoms with van der Waals surface area (Å²) in [7, 11) is 0. The van der Waals surface area contributed by atoms with Gasteiger partial charge in [-0.15, -0.1) is 11.3 Å². The van der Waals surface area contributed by atoms with Crippen molar-refractivity contribution in [3.63, 3.8) is 0 Å². The largest absolute Gasteiger partial charge is 0.507 e. The number of halogens is 2. The summed E-state index contributed by atoms with van der Waals surface area (Å²) in [5.74, 6) is -0.742. The summed E-state index contributed by atoms with van der Waals surface area (Å²) in [5.41, 5.74) is 0.431. The molecule has 0 fully saturated rings. The van der Waals surface area contributed by atoms with Crippen molar-refractivity contribution in [3.05, 3.63) is 96.4 Å². The predicted molar refractivity (Wildman–Crippen MR) is 116 cm³/mol. The molecule has 0 bridgehead atoms. The zero-order chi connectivity index (χ0) is 20.5. The van der Waals surface area contributed by atoms with Crippen LogP contribution in [0.25, 0.3) is 11.0 Å². The average molecular weight is 447 g/mol. The molecule has 0 saturated heterocycles. The lowest BCUT2D eigenvalue weighted by Crippen LogP contribution is -2.16. The van der Waals surface area contributed by atoms with Crippen molar-refractivity contribution in [2.75, 3.05) is 0 Å². The van der Waals surface area contributed by atoms with E-state index in [4.69, 9.17) is 27.6 Å². The smallest absolute Gasteiger partial charge is 0.343 e. The van der Waals surface area contributed by atoms with E-state index < -0.39 is 17.6 Å². The van der Waals surface area contributed by atoms with Crippen LogP contribution in [0.15, 0.2) is 69.9 Å². The fourth-order valence-corrected chi connectivity index (χ4v) is 4.70. The van der Waals surface area contributed by atoms with Gasteiger partial charge < -0.3 is 14.6 Å². The van der Waals surface area contributed by atoms with Crippen molar-refractivity contribution in [1.82, 2.24) is 0 Å². The number of hydrogen-bond acceptors (Lipinski definition) is 5. The summed E-state index contributed by atoms with van der Waals surface area (Å²) in [6, 6.07) is 17.2. The summed E-state index contributed by atoms with van der Waals surface area (Å²) in [6.07, 6.45) is -0.724. The molecule has 0 aliphatic heterocycles. The monoisotopic (exact) mass is 446 g/mol. The highest BCUT2D eigenvalue weighted by Gasteiger charge is 2.28. The third-order valence-electron chi connectivity index (χ3n) is 4.82. The first-order valence-corrected chi connectivity index (χ1v) is 10.4. The van der Waals surface area contributed by atoms with Crippen LogP contribution in [0, 0.1) is 0 Å². The molecule has 2 aromatic heterocycles. The van der Waals surface area contributed by atoms with Gasteiger partial charge in [-0.05, 0) is 48.4 Å². The highest BCUT2D eigenvalue weighted by Crippen LogP contribution is 2.42. The van der Waals surface area contributed by atoms with Crippen molar-refractivity contribution in [2.45, 2.75) is 18.4 Å². The predicted octanol–water partition coefficient (Wildman–Crippen LogP) is 6.12. The third-order valence-corrected chi connectivity index (χ3v) is 6.42. The number of para-hydroxylation sites is 1. The van der Waals surface area contributed by atoms with E-state index in [0.717, 1.165) is 4.88 Å². The molecule has 2 atom stereocenters. The lowest BCUT2D eigenvalue weighted by atomic mass is 9.89. The lowest BCUT2D eigenvalue weighted by Gasteiger charge is -2.20. The summed E-state index contributed by atoms with van der Waals surface area (Å²) < 4.78 is 5.99. The standard InChI is InChI=1S/C22H16Cl2O4S/c23-13-7-5-12(6-8-13)16(25)11-15(18-9-10-19(24)29-18)20-21(26)14-3-1-2-4-17(14)28-22(20)27/h1-10,15-16,25-26H,11H2/t15-,16-/m1/s1. The average Bonchev–Trinajstić information content (AvgIpc) is 3.13. The van der Waals surface area contributed by atoms with E-state index in [1.807, 2.05) is 0 Å². The van der Waals surface area contributed by atoms with Crippen LogP contribution < -0.4 is 5.63 Å².